The zero-order valence-electron chi connectivity index (χ0n) is 11.6. The quantitative estimate of drug-likeness (QED) is 0.700. The van der Waals surface area contributed by atoms with E-state index in [1.165, 1.54) is 0 Å². The van der Waals surface area contributed by atoms with Crippen LogP contribution < -0.4 is 5.32 Å². The maximum Gasteiger partial charge on any atom is 0.238 e. The minimum Gasteiger partial charge on any atom is -0.347 e. The van der Waals surface area contributed by atoms with Gasteiger partial charge in [0.05, 0.1) is 6.04 Å². The summed E-state index contributed by atoms with van der Waals surface area (Å²) < 4.78 is 0. The number of rotatable bonds is 7. The first-order valence-corrected chi connectivity index (χ1v) is 6.16. The second-order valence-electron chi connectivity index (χ2n) is 4.22. The number of amides is 2. The average molecular weight is 243 g/mol. The maximum atomic E-state index is 11.7. The standard InChI is InChI=1S/C12H25N3O2/c1-6-15(7-2)11(16)8-9-13-10(3)12(17)14(4)5/h10,13H,6-9H2,1-5H3. The monoisotopic (exact) mass is 243 g/mol. The van der Waals surface area contributed by atoms with E-state index in [1.807, 2.05) is 20.8 Å². The molecule has 0 aromatic rings. The molecule has 0 aliphatic heterocycles. The third-order valence-electron chi connectivity index (χ3n) is 2.72. The number of nitrogens with zero attached hydrogens (tertiary/aromatic N) is 2. The van der Waals surface area contributed by atoms with Crippen LogP contribution in [0, 0.1) is 0 Å². The lowest BCUT2D eigenvalue weighted by Crippen LogP contribution is -2.43. The predicted octanol–water partition coefficient (Wildman–Crippen LogP) is 0.311. The van der Waals surface area contributed by atoms with Gasteiger partial charge >= 0.3 is 0 Å². The fourth-order valence-electron chi connectivity index (χ4n) is 1.60. The highest BCUT2D eigenvalue weighted by atomic mass is 16.2. The van der Waals surface area contributed by atoms with Gasteiger partial charge in [-0.25, -0.2) is 0 Å². The van der Waals surface area contributed by atoms with Gasteiger partial charge in [0.15, 0.2) is 0 Å². The molecular weight excluding hydrogens is 218 g/mol. The SMILES string of the molecule is CCN(CC)C(=O)CCNC(C)C(=O)N(C)C. The Labute approximate surface area is 104 Å². The van der Waals surface area contributed by atoms with Gasteiger partial charge in [-0.05, 0) is 20.8 Å². The molecule has 100 valence electrons. The zero-order valence-corrected chi connectivity index (χ0v) is 11.6. The molecule has 0 saturated carbocycles. The molecule has 0 aliphatic rings. The zero-order chi connectivity index (χ0) is 13.4. The van der Waals surface area contributed by atoms with Crippen molar-refractivity contribution in [2.45, 2.75) is 33.2 Å². The van der Waals surface area contributed by atoms with Gasteiger partial charge < -0.3 is 15.1 Å². The van der Waals surface area contributed by atoms with E-state index >= 15 is 0 Å². The molecule has 0 heterocycles. The lowest BCUT2D eigenvalue weighted by molar-refractivity contribution is -0.132. The van der Waals surface area contributed by atoms with Crippen LogP contribution in [0.1, 0.15) is 27.2 Å². The molecule has 5 nitrogen and oxygen atoms in total. The number of carbonyl (C=O) groups is 2. The van der Waals surface area contributed by atoms with Crippen molar-refractivity contribution in [3.8, 4) is 0 Å². The summed E-state index contributed by atoms with van der Waals surface area (Å²) in [6.07, 6.45) is 0.437. The molecule has 0 aromatic heterocycles. The van der Waals surface area contributed by atoms with Gasteiger partial charge in [0.2, 0.25) is 11.8 Å². The third kappa shape index (κ3) is 5.68. The predicted molar refractivity (Wildman–Crippen MR) is 68.7 cm³/mol. The second-order valence-corrected chi connectivity index (χ2v) is 4.22. The van der Waals surface area contributed by atoms with Crippen LogP contribution in [-0.2, 0) is 9.59 Å². The molecule has 5 heteroatoms. The Kier molecular flexibility index (Phi) is 7.54. The van der Waals surface area contributed by atoms with Crippen LogP contribution in [-0.4, -0.2) is 61.4 Å². The van der Waals surface area contributed by atoms with Crippen LogP contribution >= 0.6 is 0 Å². The highest BCUT2D eigenvalue weighted by Crippen LogP contribution is 1.94. The third-order valence-corrected chi connectivity index (χ3v) is 2.72. The van der Waals surface area contributed by atoms with Crippen molar-refractivity contribution >= 4 is 11.8 Å². The summed E-state index contributed by atoms with van der Waals surface area (Å²) >= 11 is 0. The van der Waals surface area contributed by atoms with Crippen LogP contribution in [0.15, 0.2) is 0 Å². The molecular formula is C12H25N3O2. The molecule has 0 aliphatic carbocycles. The largest absolute Gasteiger partial charge is 0.347 e. The number of likely N-dealkylation sites (N-methyl/N-ethyl adjacent to an activating group) is 1. The Morgan fingerprint density at radius 3 is 2.12 bits per heavy atom. The van der Waals surface area contributed by atoms with Crippen LogP contribution in [0.5, 0.6) is 0 Å². The van der Waals surface area contributed by atoms with Gasteiger partial charge in [-0.15, -0.1) is 0 Å². The number of hydrogen-bond acceptors (Lipinski definition) is 3. The summed E-state index contributed by atoms with van der Waals surface area (Å²) in [6, 6.07) is -0.241. The molecule has 1 atom stereocenters. The van der Waals surface area contributed by atoms with E-state index in [2.05, 4.69) is 5.32 Å². The Balaban J connectivity index is 3.91. The van der Waals surface area contributed by atoms with Crippen molar-refractivity contribution in [2.75, 3.05) is 33.7 Å². The number of nitrogens with one attached hydrogen (secondary N) is 1. The minimum atomic E-state index is -0.241. The molecule has 0 spiro atoms. The highest BCUT2D eigenvalue weighted by molar-refractivity contribution is 5.81. The molecule has 0 rings (SSSR count). The van der Waals surface area contributed by atoms with E-state index in [4.69, 9.17) is 0 Å². The first-order valence-electron chi connectivity index (χ1n) is 6.16. The van der Waals surface area contributed by atoms with Crippen LogP contribution in [0.2, 0.25) is 0 Å². The molecule has 0 saturated heterocycles. The van der Waals surface area contributed by atoms with Gasteiger partial charge in [0, 0.05) is 40.2 Å². The summed E-state index contributed by atoms with van der Waals surface area (Å²) in [5, 5.41) is 3.06. The van der Waals surface area contributed by atoms with Gasteiger partial charge in [0.1, 0.15) is 0 Å². The van der Waals surface area contributed by atoms with E-state index in [0.29, 0.717) is 13.0 Å². The molecule has 0 aromatic carbocycles. The smallest absolute Gasteiger partial charge is 0.238 e. The summed E-state index contributed by atoms with van der Waals surface area (Å²) in [5.74, 6) is 0.160. The summed E-state index contributed by atoms with van der Waals surface area (Å²) in [5.41, 5.74) is 0. The van der Waals surface area contributed by atoms with E-state index in [1.54, 1.807) is 23.9 Å². The van der Waals surface area contributed by atoms with E-state index in [-0.39, 0.29) is 17.9 Å². The van der Waals surface area contributed by atoms with Gasteiger partial charge in [0.25, 0.3) is 0 Å². The lowest BCUT2D eigenvalue weighted by atomic mass is 10.2. The first kappa shape index (κ1) is 15.9. The minimum absolute atomic E-state index is 0.0280. The van der Waals surface area contributed by atoms with Crippen LogP contribution in [0.3, 0.4) is 0 Å². The van der Waals surface area contributed by atoms with Gasteiger partial charge in [-0.1, -0.05) is 0 Å². The number of hydrogen-bond donors (Lipinski definition) is 1. The van der Waals surface area contributed by atoms with E-state index in [0.717, 1.165) is 13.1 Å². The Morgan fingerprint density at radius 2 is 1.71 bits per heavy atom. The van der Waals surface area contributed by atoms with Crippen molar-refractivity contribution in [3.05, 3.63) is 0 Å². The van der Waals surface area contributed by atoms with Crippen molar-refractivity contribution in [1.82, 2.24) is 15.1 Å². The molecule has 17 heavy (non-hydrogen) atoms. The summed E-state index contributed by atoms with van der Waals surface area (Å²) in [4.78, 5) is 26.6. The maximum absolute atomic E-state index is 11.7. The van der Waals surface area contributed by atoms with Gasteiger partial charge in [-0.3, -0.25) is 9.59 Å². The fraction of sp³-hybridized carbons (Fsp3) is 0.833. The van der Waals surface area contributed by atoms with E-state index in [9.17, 15) is 9.59 Å². The summed E-state index contributed by atoms with van der Waals surface area (Å²) in [7, 11) is 3.45. The average Bonchev–Trinajstić information content (AvgIpc) is 2.29. The molecule has 0 radical (unpaired) electrons. The Morgan fingerprint density at radius 1 is 1.18 bits per heavy atom. The highest BCUT2D eigenvalue weighted by Gasteiger charge is 2.15. The molecule has 2 amide bonds. The fourth-order valence-corrected chi connectivity index (χ4v) is 1.60. The van der Waals surface area contributed by atoms with Gasteiger partial charge in [-0.2, -0.15) is 0 Å². The second kappa shape index (κ2) is 8.06. The van der Waals surface area contributed by atoms with Crippen LogP contribution in [0.4, 0.5) is 0 Å². The topological polar surface area (TPSA) is 52.7 Å². The Hall–Kier alpha value is -1.10. The first-order chi connectivity index (χ1) is 7.93. The molecule has 0 fully saturated rings. The normalized spacial score (nSPS) is 12.1. The molecule has 0 bridgehead atoms. The van der Waals surface area contributed by atoms with Crippen molar-refractivity contribution in [2.24, 2.45) is 0 Å². The summed E-state index contributed by atoms with van der Waals surface area (Å²) in [6.45, 7) is 7.75. The number of carbonyl (C=O) groups excluding carboxylic acids is 2. The lowest BCUT2D eigenvalue weighted by Gasteiger charge is -2.20. The van der Waals surface area contributed by atoms with Crippen molar-refractivity contribution in [1.29, 1.82) is 0 Å². The molecule has 1 unspecified atom stereocenters. The molecule has 1 N–H and O–H groups in total. The van der Waals surface area contributed by atoms with Crippen molar-refractivity contribution in [3.63, 3.8) is 0 Å². The Bertz CT molecular complexity index is 250. The van der Waals surface area contributed by atoms with E-state index < -0.39 is 0 Å². The van der Waals surface area contributed by atoms with Crippen molar-refractivity contribution < 1.29 is 9.59 Å². The van der Waals surface area contributed by atoms with Crippen LogP contribution in [0.25, 0.3) is 0 Å².